The first kappa shape index (κ1) is 16.4. The van der Waals surface area contributed by atoms with Gasteiger partial charge in [0.25, 0.3) is 0 Å². The zero-order chi connectivity index (χ0) is 15.1. The van der Waals surface area contributed by atoms with E-state index in [2.05, 4.69) is 12.2 Å². The van der Waals surface area contributed by atoms with E-state index in [4.69, 9.17) is 18.0 Å². The Hall–Kier alpha value is -1.62. The Balaban J connectivity index is 2.73. The van der Waals surface area contributed by atoms with Crippen molar-refractivity contribution < 1.29 is 4.79 Å². The maximum Gasteiger partial charge on any atom is 0.242 e. The molecule has 1 aromatic carbocycles. The van der Waals surface area contributed by atoms with Crippen LogP contribution in [0.5, 0.6) is 0 Å². The smallest absolute Gasteiger partial charge is 0.242 e. The maximum absolute atomic E-state index is 12.0. The van der Waals surface area contributed by atoms with Gasteiger partial charge in [-0.3, -0.25) is 4.79 Å². The monoisotopic (exact) mass is 293 g/mol. The molecule has 1 aromatic rings. The van der Waals surface area contributed by atoms with Crippen LogP contribution in [0.25, 0.3) is 0 Å². The van der Waals surface area contributed by atoms with Crippen LogP contribution in [0.15, 0.2) is 24.3 Å². The Bertz CT molecular complexity index is 476. The number of hydrogen-bond donors (Lipinski definition) is 2. The maximum atomic E-state index is 12.0. The molecule has 0 radical (unpaired) electrons. The quantitative estimate of drug-likeness (QED) is 0.597. The molecule has 0 saturated heterocycles. The predicted octanol–water partition coefficient (Wildman–Crippen LogP) is 2.06. The van der Waals surface area contributed by atoms with Gasteiger partial charge in [-0.1, -0.05) is 37.7 Å². The fraction of sp³-hybridized carbons (Fsp3) is 0.467. The van der Waals surface area contributed by atoms with E-state index < -0.39 is 0 Å². The van der Waals surface area contributed by atoms with Gasteiger partial charge in [-0.05, 0) is 25.5 Å². The average Bonchev–Trinajstić information content (AvgIpc) is 2.45. The molecule has 1 unspecified atom stereocenters. The molecule has 110 valence electrons. The molecule has 0 aliphatic heterocycles. The second kappa shape index (κ2) is 7.85. The number of anilines is 1. The lowest BCUT2D eigenvalue weighted by Gasteiger charge is -2.26. The standard InChI is InChI=1S/C15H23N3OS/c1-4-5-9-17-15(19)11(2)18(3)13-8-6-7-12(10-13)14(16)20/h6-8,10-11H,4-5,9H2,1-3H3,(H2,16,20)(H,17,19). The van der Waals surface area contributed by atoms with Crippen LogP contribution >= 0.6 is 12.2 Å². The number of hydrogen-bond acceptors (Lipinski definition) is 3. The number of nitrogens with one attached hydrogen (secondary N) is 1. The molecule has 0 bridgehead atoms. The topological polar surface area (TPSA) is 58.4 Å². The molecule has 1 amide bonds. The van der Waals surface area contributed by atoms with Crippen molar-refractivity contribution in [3.8, 4) is 0 Å². The molecule has 5 heteroatoms. The third-order valence-electron chi connectivity index (χ3n) is 3.33. The summed E-state index contributed by atoms with van der Waals surface area (Å²) in [4.78, 5) is 14.3. The number of carbonyl (C=O) groups is 1. The van der Waals surface area contributed by atoms with Gasteiger partial charge < -0.3 is 16.0 Å². The summed E-state index contributed by atoms with van der Waals surface area (Å²) in [6, 6.07) is 7.36. The highest BCUT2D eigenvalue weighted by Crippen LogP contribution is 2.17. The molecule has 0 heterocycles. The van der Waals surface area contributed by atoms with Crippen molar-refractivity contribution in [2.24, 2.45) is 5.73 Å². The van der Waals surface area contributed by atoms with Crippen LogP contribution in [0.4, 0.5) is 5.69 Å². The van der Waals surface area contributed by atoms with Gasteiger partial charge in [0.2, 0.25) is 5.91 Å². The number of likely N-dealkylation sites (N-methyl/N-ethyl adjacent to an activating group) is 1. The summed E-state index contributed by atoms with van der Waals surface area (Å²) in [5, 5.41) is 2.94. The third kappa shape index (κ3) is 4.49. The largest absolute Gasteiger partial charge is 0.389 e. The number of carbonyl (C=O) groups excluding carboxylic acids is 1. The van der Waals surface area contributed by atoms with Crippen molar-refractivity contribution in [1.82, 2.24) is 5.32 Å². The van der Waals surface area contributed by atoms with Crippen LogP contribution in [0.3, 0.4) is 0 Å². The van der Waals surface area contributed by atoms with Crippen molar-refractivity contribution in [3.05, 3.63) is 29.8 Å². The van der Waals surface area contributed by atoms with Crippen LogP contribution in [0, 0.1) is 0 Å². The molecule has 0 aliphatic carbocycles. The van der Waals surface area contributed by atoms with Crippen molar-refractivity contribution in [3.63, 3.8) is 0 Å². The highest BCUT2D eigenvalue weighted by Gasteiger charge is 2.18. The van der Waals surface area contributed by atoms with Gasteiger partial charge in [-0.15, -0.1) is 0 Å². The fourth-order valence-corrected chi connectivity index (χ4v) is 1.94. The molecule has 0 aromatic heterocycles. The van der Waals surface area contributed by atoms with Crippen molar-refractivity contribution >= 4 is 28.8 Å². The first-order chi connectivity index (χ1) is 9.47. The minimum atomic E-state index is -0.242. The first-order valence-corrected chi connectivity index (χ1v) is 7.28. The van der Waals surface area contributed by atoms with Crippen molar-refractivity contribution in [2.45, 2.75) is 32.7 Å². The average molecular weight is 293 g/mol. The third-order valence-corrected chi connectivity index (χ3v) is 3.56. The van der Waals surface area contributed by atoms with E-state index in [1.54, 1.807) is 0 Å². The Morgan fingerprint density at radius 3 is 2.80 bits per heavy atom. The van der Waals surface area contributed by atoms with Crippen LogP contribution in [-0.2, 0) is 4.79 Å². The molecule has 4 nitrogen and oxygen atoms in total. The number of rotatable bonds is 7. The van der Waals surface area contributed by atoms with E-state index in [9.17, 15) is 4.79 Å². The predicted molar refractivity (Wildman–Crippen MR) is 88.1 cm³/mol. The van der Waals surface area contributed by atoms with Gasteiger partial charge >= 0.3 is 0 Å². The SMILES string of the molecule is CCCCNC(=O)C(C)N(C)c1cccc(C(N)=S)c1. The van der Waals surface area contributed by atoms with Gasteiger partial charge in [-0.25, -0.2) is 0 Å². The fourth-order valence-electron chi connectivity index (χ4n) is 1.81. The zero-order valence-corrected chi connectivity index (χ0v) is 13.2. The molecule has 3 N–H and O–H groups in total. The Labute approximate surface area is 126 Å². The van der Waals surface area contributed by atoms with E-state index in [0.717, 1.165) is 30.6 Å². The normalized spacial score (nSPS) is 11.8. The van der Waals surface area contributed by atoms with E-state index in [1.165, 1.54) is 0 Å². The minimum absolute atomic E-state index is 0.0293. The molecule has 1 atom stereocenters. The van der Waals surface area contributed by atoms with Gasteiger partial charge in [0.1, 0.15) is 11.0 Å². The van der Waals surface area contributed by atoms with Crippen molar-refractivity contribution in [2.75, 3.05) is 18.5 Å². The zero-order valence-electron chi connectivity index (χ0n) is 12.3. The number of nitrogens with two attached hydrogens (primary N) is 1. The number of nitrogens with zero attached hydrogens (tertiary/aromatic N) is 1. The molecule has 20 heavy (non-hydrogen) atoms. The Kier molecular flexibility index (Phi) is 6.45. The minimum Gasteiger partial charge on any atom is -0.389 e. The number of unbranched alkanes of at least 4 members (excludes halogenated alkanes) is 1. The summed E-state index contributed by atoms with van der Waals surface area (Å²) in [5.41, 5.74) is 7.37. The van der Waals surface area contributed by atoms with Gasteiger partial charge in [0.15, 0.2) is 0 Å². The molecule has 0 spiro atoms. The van der Waals surface area contributed by atoms with E-state index in [1.807, 2.05) is 43.1 Å². The van der Waals surface area contributed by atoms with E-state index >= 15 is 0 Å². The lowest BCUT2D eigenvalue weighted by molar-refractivity contribution is -0.122. The van der Waals surface area contributed by atoms with Crippen LogP contribution in [0.1, 0.15) is 32.3 Å². The van der Waals surface area contributed by atoms with Gasteiger partial charge in [0.05, 0.1) is 0 Å². The lowest BCUT2D eigenvalue weighted by atomic mass is 10.1. The summed E-state index contributed by atoms with van der Waals surface area (Å²) >= 11 is 4.98. The van der Waals surface area contributed by atoms with Gasteiger partial charge in [-0.2, -0.15) is 0 Å². The molecule has 1 rings (SSSR count). The van der Waals surface area contributed by atoms with Gasteiger partial charge in [0, 0.05) is 24.8 Å². The lowest BCUT2D eigenvalue weighted by Crippen LogP contribution is -2.43. The number of benzene rings is 1. The Morgan fingerprint density at radius 1 is 1.50 bits per heavy atom. The van der Waals surface area contributed by atoms with Crippen LogP contribution in [0.2, 0.25) is 0 Å². The first-order valence-electron chi connectivity index (χ1n) is 6.87. The summed E-state index contributed by atoms with van der Waals surface area (Å²) in [6.07, 6.45) is 2.07. The van der Waals surface area contributed by atoms with E-state index in [-0.39, 0.29) is 11.9 Å². The summed E-state index contributed by atoms with van der Waals surface area (Å²) in [6.45, 7) is 4.71. The van der Waals surface area contributed by atoms with Crippen LogP contribution in [-0.4, -0.2) is 30.5 Å². The van der Waals surface area contributed by atoms with Crippen LogP contribution < -0.4 is 16.0 Å². The number of thiocarbonyl (C=S) groups is 1. The summed E-state index contributed by atoms with van der Waals surface area (Å²) in [7, 11) is 1.89. The number of amides is 1. The highest BCUT2D eigenvalue weighted by atomic mass is 32.1. The Morgan fingerprint density at radius 2 is 2.20 bits per heavy atom. The second-order valence-corrected chi connectivity index (χ2v) is 5.29. The molecule has 0 fully saturated rings. The molecular formula is C15H23N3OS. The second-order valence-electron chi connectivity index (χ2n) is 4.85. The summed E-state index contributed by atoms with van der Waals surface area (Å²) < 4.78 is 0. The van der Waals surface area contributed by atoms with Crippen molar-refractivity contribution in [1.29, 1.82) is 0 Å². The highest BCUT2D eigenvalue weighted by molar-refractivity contribution is 7.80. The summed E-state index contributed by atoms with van der Waals surface area (Å²) in [5.74, 6) is 0.0293. The molecular weight excluding hydrogens is 270 g/mol. The molecule has 0 aliphatic rings. The molecule has 0 saturated carbocycles. The van der Waals surface area contributed by atoms with E-state index in [0.29, 0.717) is 4.99 Å².